The van der Waals surface area contributed by atoms with Crippen molar-refractivity contribution in [3.63, 3.8) is 0 Å². The number of aryl methyl sites for hydroxylation is 2. The van der Waals surface area contributed by atoms with E-state index >= 15 is 0 Å². The highest BCUT2D eigenvalue weighted by Crippen LogP contribution is 2.25. The summed E-state index contributed by atoms with van der Waals surface area (Å²) in [6.07, 6.45) is 0. The average Bonchev–Trinajstić information content (AvgIpc) is 2.74. The van der Waals surface area contributed by atoms with Gasteiger partial charge < -0.3 is 20.7 Å². The van der Waals surface area contributed by atoms with Crippen LogP contribution in [0.4, 0.5) is 17.1 Å². The molecule has 3 aromatic carbocycles. The molecule has 3 N–H and O–H groups in total. The molecule has 0 atom stereocenters. The smallest absolute Gasteiger partial charge is 0.255 e. The molecule has 3 rings (SSSR count). The lowest BCUT2D eigenvalue weighted by Gasteiger charge is -2.14. The third-order valence-corrected chi connectivity index (χ3v) is 4.60. The molecular formula is C24H25N3O3. The summed E-state index contributed by atoms with van der Waals surface area (Å²) in [4.78, 5) is 25.0. The highest BCUT2D eigenvalue weighted by molar-refractivity contribution is 6.05. The Labute approximate surface area is 176 Å². The molecule has 0 saturated heterocycles. The second-order valence-corrected chi connectivity index (χ2v) is 6.96. The van der Waals surface area contributed by atoms with Crippen molar-refractivity contribution in [1.29, 1.82) is 0 Å². The number of methoxy groups -OCH3 is 1. The van der Waals surface area contributed by atoms with Crippen molar-refractivity contribution in [1.82, 2.24) is 0 Å². The maximum atomic E-state index is 12.5. The third kappa shape index (κ3) is 5.38. The van der Waals surface area contributed by atoms with E-state index in [0.717, 1.165) is 22.5 Å². The molecule has 6 nitrogen and oxygen atoms in total. The number of amides is 2. The summed E-state index contributed by atoms with van der Waals surface area (Å²) >= 11 is 0. The fourth-order valence-electron chi connectivity index (χ4n) is 2.97. The lowest BCUT2D eigenvalue weighted by atomic mass is 10.1. The first-order valence-electron chi connectivity index (χ1n) is 9.61. The first kappa shape index (κ1) is 20.9. The van der Waals surface area contributed by atoms with E-state index in [4.69, 9.17) is 4.74 Å². The second kappa shape index (κ2) is 9.60. The molecule has 0 bridgehead atoms. The summed E-state index contributed by atoms with van der Waals surface area (Å²) in [7, 11) is 1.56. The molecule has 3 aromatic rings. The molecule has 0 aliphatic carbocycles. The minimum absolute atomic E-state index is 0.0572. The predicted octanol–water partition coefficient (Wildman–Crippen LogP) is 4.61. The van der Waals surface area contributed by atoms with Crippen LogP contribution in [0, 0.1) is 13.8 Å². The van der Waals surface area contributed by atoms with E-state index in [2.05, 4.69) is 16.0 Å². The standard InChI is InChI=1S/C24H25N3O3/c1-16-9-12-22(30-3)21(13-16)27-23(28)15-25-20-14-18(11-10-17(20)2)24(29)26-19-7-5-4-6-8-19/h4-14,25H,15H2,1-3H3,(H,26,29)(H,27,28). The fourth-order valence-corrected chi connectivity index (χ4v) is 2.97. The van der Waals surface area contributed by atoms with Gasteiger partial charge in [-0.1, -0.05) is 30.3 Å². The van der Waals surface area contributed by atoms with Gasteiger partial charge >= 0.3 is 0 Å². The highest BCUT2D eigenvalue weighted by Gasteiger charge is 2.11. The van der Waals surface area contributed by atoms with E-state index < -0.39 is 0 Å². The van der Waals surface area contributed by atoms with Gasteiger partial charge in [-0.2, -0.15) is 0 Å². The monoisotopic (exact) mass is 403 g/mol. The van der Waals surface area contributed by atoms with Gasteiger partial charge in [-0.3, -0.25) is 9.59 Å². The molecule has 0 aromatic heterocycles. The van der Waals surface area contributed by atoms with Gasteiger partial charge in [-0.25, -0.2) is 0 Å². The summed E-state index contributed by atoms with van der Waals surface area (Å²) < 4.78 is 5.29. The van der Waals surface area contributed by atoms with Gasteiger partial charge in [-0.05, 0) is 61.4 Å². The molecule has 0 aliphatic rings. The summed E-state index contributed by atoms with van der Waals surface area (Å²) in [6.45, 7) is 3.92. The molecule has 154 valence electrons. The molecule has 0 unspecified atom stereocenters. The van der Waals surface area contributed by atoms with E-state index in [1.165, 1.54) is 0 Å². The van der Waals surface area contributed by atoms with Gasteiger partial charge in [-0.15, -0.1) is 0 Å². The van der Waals surface area contributed by atoms with Gasteiger partial charge in [0, 0.05) is 16.9 Å². The van der Waals surface area contributed by atoms with Crippen LogP contribution >= 0.6 is 0 Å². The Morgan fingerprint density at radius 1 is 0.867 bits per heavy atom. The number of para-hydroxylation sites is 1. The third-order valence-electron chi connectivity index (χ3n) is 4.60. The Hall–Kier alpha value is -3.80. The Morgan fingerprint density at radius 2 is 1.63 bits per heavy atom. The Morgan fingerprint density at radius 3 is 2.37 bits per heavy atom. The predicted molar refractivity (Wildman–Crippen MR) is 120 cm³/mol. The Bertz CT molecular complexity index is 1050. The zero-order valence-electron chi connectivity index (χ0n) is 17.3. The number of rotatable bonds is 7. The first-order chi connectivity index (χ1) is 14.5. The quantitative estimate of drug-likeness (QED) is 0.538. The maximum absolute atomic E-state index is 12.5. The summed E-state index contributed by atoms with van der Waals surface area (Å²) in [5.41, 5.74) is 4.54. The Balaban J connectivity index is 1.65. The van der Waals surface area contributed by atoms with Crippen LogP contribution in [0.5, 0.6) is 5.75 Å². The van der Waals surface area contributed by atoms with Gasteiger partial charge in [0.2, 0.25) is 5.91 Å². The Kier molecular flexibility index (Phi) is 6.70. The van der Waals surface area contributed by atoms with Crippen LogP contribution in [0.1, 0.15) is 21.5 Å². The van der Waals surface area contributed by atoms with Gasteiger partial charge in [0.15, 0.2) is 0 Å². The topological polar surface area (TPSA) is 79.5 Å². The fraction of sp³-hybridized carbons (Fsp3) is 0.167. The van der Waals surface area contributed by atoms with Gasteiger partial charge in [0.05, 0.1) is 19.3 Å². The minimum atomic E-state index is -0.211. The van der Waals surface area contributed by atoms with Crippen molar-refractivity contribution in [3.8, 4) is 5.75 Å². The normalized spacial score (nSPS) is 10.2. The van der Waals surface area contributed by atoms with Crippen LogP contribution in [-0.4, -0.2) is 25.5 Å². The molecule has 0 spiro atoms. The van der Waals surface area contributed by atoms with Crippen molar-refractivity contribution in [3.05, 3.63) is 83.4 Å². The molecular weight excluding hydrogens is 378 g/mol. The van der Waals surface area contributed by atoms with E-state index in [0.29, 0.717) is 17.0 Å². The number of anilines is 3. The molecule has 2 amide bonds. The molecule has 0 aliphatic heterocycles. The number of ether oxygens (including phenoxy) is 1. The van der Waals surface area contributed by atoms with Crippen molar-refractivity contribution in [2.75, 3.05) is 29.6 Å². The van der Waals surface area contributed by atoms with Gasteiger partial charge in [0.25, 0.3) is 5.91 Å². The lowest BCUT2D eigenvalue weighted by molar-refractivity contribution is -0.114. The first-order valence-corrected chi connectivity index (χ1v) is 9.61. The average molecular weight is 403 g/mol. The summed E-state index contributed by atoms with van der Waals surface area (Å²) in [6, 6.07) is 20.2. The maximum Gasteiger partial charge on any atom is 0.255 e. The molecule has 0 heterocycles. The zero-order valence-corrected chi connectivity index (χ0v) is 17.3. The van der Waals surface area contributed by atoms with Crippen LogP contribution in [0.3, 0.4) is 0 Å². The highest BCUT2D eigenvalue weighted by atomic mass is 16.5. The molecule has 0 radical (unpaired) electrons. The summed E-state index contributed by atoms with van der Waals surface area (Å²) in [5.74, 6) is 0.181. The largest absolute Gasteiger partial charge is 0.495 e. The van der Waals surface area contributed by atoms with Crippen molar-refractivity contribution in [2.24, 2.45) is 0 Å². The number of carbonyl (C=O) groups excluding carboxylic acids is 2. The van der Waals surface area contributed by atoms with Crippen LogP contribution < -0.4 is 20.7 Å². The number of carbonyl (C=O) groups is 2. The van der Waals surface area contributed by atoms with Gasteiger partial charge in [0.1, 0.15) is 5.75 Å². The zero-order chi connectivity index (χ0) is 21.5. The molecule has 0 fully saturated rings. The van der Waals surface area contributed by atoms with Crippen LogP contribution in [0.2, 0.25) is 0 Å². The van der Waals surface area contributed by atoms with Crippen molar-refractivity contribution < 1.29 is 14.3 Å². The molecule has 30 heavy (non-hydrogen) atoms. The van der Waals surface area contributed by atoms with Crippen LogP contribution in [0.25, 0.3) is 0 Å². The minimum Gasteiger partial charge on any atom is -0.495 e. The summed E-state index contributed by atoms with van der Waals surface area (Å²) in [5, 5.41) is 8.83. The van der Waals surface area contributed by atoms with E-state index in [1.807, 2.05) is 68.4 Å². The van der Waals surface area contributed by atoms with Crippen LogP contribution in [0.15, 0.2) is 66.7 Å². The van der Waals surface area contributed by atoms with E-state index in [9.17, 15) is 9.59 Å². The number of benzene rings is 3. The number of hydrogen-bond donors (Lipinski definition) is 3. The second-order valence-electron chi connectivity index (χ2n) is 6.96. The number of hydrogen-bond acceptors (Lipinski definition) is 4. The van der Waals surface area contributed by atoms with Crippen molar-refractivity contribution in [2.45, 2.75) is 13.8 Å². The lowest BCUT2D eigenvalue weighted by Crippen LogP contribution is -2.22. The molecule has 0 saturated carbocycles. The number of nitrogens with one attached hydrogen (secondary N) is 3. The van der Waals surface area contributed by atoms with E-state index in [1.54, 1.807) is 19.2 Å². The van der Waals surface area contributed by atoms with Crippen LogP contribution in [-0.2, 0) is 4.79 Å². The molecule has 6 heteroatoms. The SMILES string of the molecule is COc1ccc(C)cc1NC(=O)CNc1cc(C(=O)Nc2ccccc2)ccc1C. The van der Waals surface area contributed by atoms with Crippen molar-refractivity contribution >= 4 is 28.9 Å². The van der Waals surface area contributed by atoms with E-state index in [-0.39, 0.29) is 18.4 Å².